The molecule has 0 spiro atoms. The van der Waals surface area contributed by atoms with Crippen molar-refractivity contribution in [2.75, 3.05) is 14.2 Å². The molecule has 0 N–H and O–H groups in total. The van der Waals surface area contributed by atoms with Gasteiger partial charge in [0.05, 0.1) is 12.0 Å². The number of ether oxygens (including phenoxy) is 1. The maximum absolute atomic E-state index is 13.0. The number of fused-ring (bicyclic) bond motifs is 1. The van der Waals surface area contributed by atoms with Crippen molar-refractivity contribution in [3.05, 3.63) is 60.6 Å². The van der Waals surface area contributed by atoms with E-state index in [0.717, 1.165) is 5.56 Å². The first-order valence-electron chi connectivity index (χ1n) is 7.31. The van der Waals surface area contributed by atoms with E-state index < -0.39 is 10.0 Å². The summed E-state index contributed by atoms with van der Waals surface area (Å²) in [6.07, 6.45) is 4.92. The van der Waals surface area contributed by atoms with Gasteiger partial charge in [-0.1, -0.05) is 6.07 Å². The second kappa shape index (κ2) is 6.54. The molecule has 0 amide bonds. The van der Waals surface area contributed by atoms with Crippen molar-refractivity contribution in [1.82, 2.24) is 14.3 Å². The van der Waals surface area contributed by atoms with Crippen molar-refractivity contribution in [2.24, 2.45) is 0 Å². The van der Waals surface area contributed by atoms with E-state index in [4.69, 9.17) is 4.74 Å². The fourth-order valence-corrected chi connectivity index (χ4v) is 3.85. The lowest BCUT2D eigenvalue weighted by atomic mass is 10.2. The number of rotatable bonds is 5. The number of hydrogen-bond donors (Lipinski definition) is 0. The molecule has 0 aliphatic rings. The Morgan fingerprint density at radius 3 is 2.62 bits per heavy atom. The standard InChI is InChI=1S/C17H17N3O3S/c1-20(12-13-5-3-9-18-11-13)24(21,22)16-8-7-15(23-2)17-14(16)6-4-10-19-17/h3-11H,12H2,1-2H3. The number of benzene rings is 1. The Bertz CT molecular complexity index is 959. The predicted molar refractivity (Wildman–Crippen MR) is 91.2 cm³/mol. The van der Waals surface area contributed by atoms with Crippen LogP contribution in [0.5, 0.6) is 5.75 Å². The topological polar surface area (TPSA) is 72.4 Å². The molecule has 124 valence electrons. The van der Waals surface area contributed by atoms with E-state index in [9.17, 15) is 8.42 Å². The summed E-state index contributed by atoms with van der Waals surface area (Å²) in [5, 5.41) is 0.537. The molecule has 0 bridgehead atoms. The third-order valence-electron chi connectivity index (χ3n) is 3.73. The molecule has 2 aromatic heterocycles. The normalized spacial score (nSPS) is 11.8. The van der Waals surface area contributed by atoms with Crippen molar-refractivity contribution < 1.29 is 13.2 Å². The quantitative estimate of drug-likeness (QED) is 0.711. The molecule has 0 unspecified atom stereocenters. The molecule has 0 aliphatic heterocycles. The van der Waals surface area contributed by atoms with Gasteiger partial charge in [-0.2, -0.15) is 4.31 Å². The number of hydrogen-bond acceptors (Lipinski definition) is 5. The predicted octanol–water partition coefficient (Wildman–Crippen LogP) is 2.46. The van der Waals surface area contributed by atoms with E-state index in [1.165, 1.54) is 11.4 Å². The Hall–Kier alpha value is -2.51. The highest BCUT2D eigenvalue weighted by molar-refractivity contribution is 7.89. The van der Waals surface area contributed by atoms with Gasteiger partial charge >= 0.3 is 0 Å². The van der Waals surface area contributed by atoms with E-state index in [0.29, 0.717) is 16.7 Å². The molecule has 0 saturated heterocycles. The zero-order valence-corrected chi connectivity index (χ0v) is 14.2. The van der Waals surface area contributed by atoms with E-state index in [1.54, 1.807) is 56.0 Å². The highest BCUT2D eigenvalue weighted by atomic mass is 32.2. The molecule has 3 aromatic rings. The van der Waals surface area contributed by atoms with Crippen LogP contribution in [0, 0.1) is 0 Å². The van der Waals surface area contributed by atoms with Crippen LogP contribution in [-0.2, 0) is 16.6 Å². The molecule has 1 aromatic carbocycles. The van der Waals surface area contributed by atoms with Crippen LogP contribution in [-0.4, -0.2) is 36.8 Å². The summed E-state index contributed by atoms with van der Waals surface area (Å²) in [5.41, 5.74) is 1.34. The van der Waals surface area contributed by atoms with Gasteiger partial charge in [0.15, 0.2) is 0 Å². The fourth-order valence-electron chi connectivity index (χ4n) is 2.51. The van der Waals surface area contributed by atoms with Crippen LogP contribution in [0.1, 0.15) is 5.56 Å². The first kappa shape index (κ1) is 16.4. The molecule has 0 atom stereocenters. The molecule has 3 rings (SSSR count). The zero-order chi connectivity index (χ0) is 17.2. The first-order chi connectivity index (χ1) is 11.5. The van der Waals surface area contributed by atoms with Gasteiger partial charge in [0.2, 0.25) is 10.0 Å². The van der Waals surface area contributed by atoms with Gasteiger partial charge < -0.3 is 4.74 Å². The Labute approximate surface area is 140 Å². The van der Waals surface area contributed by atoms with Gasteiger partial charge in [0.1, 0.15) is 11.3 Å². The second-order valence-electron chi connectivity index (χ2n) is 5.29. The van der Waals surface area contributed by atoms with Crippen LogP contribution in [0.3, 0.4) is 0 Å². The molecular weight excluding hydrogens is 326 g/mol. The van der Waals surface area contributed by atoms with E-state index >= 15 is 0 Å². The Balaban J connectivity index is 2.05. The summed E-state index contributed by atoms with van der Waals surface area (Å²) in [6.45, 7) is 0.240. The van der Waals surface area contributed by atoms with Crippen LogP contribution in [0.2, 0.25) is 0 Å². The number of aromatic nitrogens is 2. The van der Waals surface area contributed by atoms with Crippen molar-refractivity contribution >= 4 is 20.9 Å². The number of pyridine rings is 2. The highest BCUT2D eigenvalue weighted by Gasteiger charge is 2.24. The molecule has 6 nitrogen and oxygen atoms in total. The van der Waals surface area contributed by atoms with Crippen LogP contribution >= 0.6 is 0 Å². The van der Waals surface area contributed by atoms with E-state index in [1.807, 2.05) is 6.07 Å². The third-order valence-corrected chi connectivity index (χ3v) is 5.59. The fraction of sp³-hybridized carbons (Fsp3) is 0.176. The number of methoxy groups -OCH3 is 1. The zero-order valence-electron chi connectivity index (χ0n) is 13.4. The van der Waals surface area contributed by atoms with Gasteiger partial charge in [-0.3, -0.25) is 9.97 Å². The Kier molecular flexibility index (Phi) is 4.46. The van der Waals surface area contributed by atoms with Crippen molar-refractivity contribution in [3.63, 3.8) is 0 Å². The van der Waals surface area contributed by atoms with Crippen LogP contribution in [0.15, 0.2) is 59.9 Å². The molecule has 7 heteroatoms. The number of nitrogens with zero attached hydrogens (tertiary/aromatic N) is 3. The van der Waals surface area contributed by atoms with Gasteiger partial charge in [-0.05, 0) is 35.9 Å². The third kappa shape index (κ3) is 2.95. The molecule has 0 fully saturated rings. The Morgan fingerprint density at radius 2 is 1.92 bits per heavy atom. The minimum Gasteiger partial charge on any atom is -0.494 e. The SMILES string of the molecule is COc1ccc(S(=O)(=O)N(C)Cc2cccnc2)c2cccnc12. The molecule has 2 heterocycles. The lowest BCUT2D eigenvalue weighted by Crippen LogP contribution is -2.26. The summed E-state index contributed by atoms with van der Waals surface area (Å²) in [6, 6.07) is 10.2. The van der Waals surface area contributed by atoms with E-state index in [-0.39, 0.29) is 11.4 Å². The minimum absolute atomic E-state index is 0.206. The molecule has 0 aliphatic carbocycles. The average molecular weight is 343 g/mol. The highest BCUT2D eigenvalue weighted by Crippen LogP contribution is 2.30. The lowest BCUT2D eigenvalue weighted by Gasteiger charge is -2.18. The van der Waals surface area contributed by atoms with Gasteiger partial charge in [-0.25, -0.2) is 8.42 Å². The molecular formula is C17H17N3O3S. The summed E-state index contributed by atoms with van der Waals surface area (Å²) in [5.74, 6) is 0.541. The largest absolute Gasteiger partial charge is 0.494 e. The maximum Gasteiger partial charge on any atom is 0.243 e. The summed E-state index contributed by atoms with van der Waals surface area (Å²) in [4.78, 5) is 8.47. The van der Waals surface area contributed by atoms with Gasteiger partial charge in [0, 0.05) is 37.6 Å². The molecule has 0 radical (unpaired) electrons. The van der Waals surface area contributed by atoms with Crippen molar-refractivity contribution in [1.29, 1.82) is 0 Å². The summed E-state index contributed by atoms with van der Waals surface area (Å²) < 4.78 is 32.6. The van der Waals surface area contributed by atoms with Gasteiger partial charge in [0.25, 0.3) is 0 Å². The Morgan fingerprint density at radius 1 is 1.12 bits per heavy atom. The van der Waals surface area contributed by atoms with Crippen molar-refractivity contribution in [3.8, 4) is 5.75 Å². The molecule has 24 heavy (non-hydrogen) atoms. The van der Waals surface area contributed by atoms with Crippen LogP contribution in [0.4, 0.5) is 0 Å². The number of sulfonamides is 1. The first-order valence-corrected chi connectivity index (χ1v) is 8.75. The minimum atomic E-state index is -3.68. The van der Waals surface area contributed by atoms with Crippen molar-refractivity contribution in [2.45, 2.75) is 11.4 Å². The summed E-state index contributed by atoms with van der Waals surface area (Å²) >= 11 is 0. The average Bonchev–Trinajstić information content (AvgIpc) is 2.61. The monoisotopic (exact) mass is 343 g/mol. The second-order valence-corrected chi connectivity index (χ2v) is 7.30. The van der Waals surface area contributed by atoms with Crippen LogP contribution in [0.25, 0.3) is 10.9 Å². The summed E-state index contributed by atoms with van der Waals surface area (Å²) in [7, 11) is -0.595. The lowest BCUT2D eigenvalue weighted by molar-refractivity contribution is 0.418. The molecule has 0 saturated carbocycles. The van der Waals surface area contributed by atoms with Gasteiger partial charge in [-0.15, -0.1) is 0 Å². The smallest absolute Gasteiger partial charge is 0.243 e. The maximum atomic E-state index is 13.0. The van der Waals surface area contributed by atoms with E-state index in [2.05, 4.69) is 9.97 Å². The van der Waals surface area contributed by atoms with Crippen LogP contribution < -0.4 is 4.74 Å².